The molecule has 0 saturated carbocycles. The minimum Gasteiger partial charge on any atom is -0.144 e. The second-order valence-electron chi connectivity index (χ2n) is 6.48. The largest absolute Gasteiger partial charge is 0.144 e. The van der Waals surface area contributed by atoms with Crippen LogP contribution in [0.5, 0.6) is 0 Å². The summed E-state index contributed by atoms with van der Waals surface area (Å²) in [7, 11) is 0. The predicted octanol–water partition coefficient (Wildman–Crippen LogP) is 5.90. The van der Waals surface area contributed by atoms with Gasteiger partial charge in [0.05, 0.1) is 0 Å². The zero-order valence-corrected chi connectivity index (χ0v) is 16.0. The van der Waals surface area contributed by atoms with Crippen LogP contribution in [0.2, 0.25) is 0 Å². The Kier molecular flexibility index (Phi) is 6.35. The van der Waals surface area contributed by atoms with Crippen molar-refractivity contribution >= 4 is 11.3 Å². The Morgan fingerprint density at radius 2 is 1.08 bits per heavy atom. The van der Waals surface area contributed by atoms with Crippen LogP contribution in [0.3, 0.4) is 0 Å². The number of nitrogens with zero attached hydrogens (tertiary/aromatic N) is 2. The van der Waals surface area contributed by atoms with Gasteiger partial charge in [-0.1, -0.05) is 68.8 Å². The van der Waals surface area contributed by atoms with Crippen molar-refractivity contribution in [2.45, 2.75) is 52.4 Å². The van der Waals surface area contributed by atoms with Gasteiger partial charge < -0.3 is 0 Å². The Bertz CT molecular complexity index is 773. The molecule has 0 aliphatic heterocycles. The van der Waals surface area contributed by atoms with E-state index < -0.39 is 0 Å². The predicted molar refractivity (Wildman–Crippen MR) is 107 cm³/mol. The van der Waals surface area contributed by atoms with Crippen molar-refractivity contribution in [2.75, 3.05) is 0 Å². The van der Waals surface area contributed by atoms with E-state index in [0.717, 1.165) is 37.1 Å². The molecule has 0 amide bonds. The molecule has 3 rings (SSSR count). The van der Waals surface area contributed by atoms with Crippen LogP contribution in [0.1, 0.15) is 47.8 Å². The molecule has 0 spiro atoms. The molecule has 2 nitrogen and oxygen atoms in total. The molecule has 25 heavy (non-hydrogen) atoms. The van der Waals surface area contributed by atoms with Gasteiger partial charge in [-0.3, -0.25) is 0 Å². The first-order chi connectivity index (χ1) is 12.3. The van der Waals surface area contributed by atoms with Crippen LogP contribution >= 0.6 is 11.3 Å². The SMILES string of the molecule is CCCc1ccc(-c2ccc(CCc3nnc(CCC)s3)cc2)cc1. The normalized spacial score (nSPS) is 11.0. The number of hydrogen-bond donors (Lipinski definition) is 0. The number of rotatable bonds is 8. The summed E-state index contributed by atoms with van der Waals surface area (Å²) in [6, 6.07) is 17.9. The number of hydrogen-bond acceptors (Lipinski definition) is 3. The number of aromatic nitrogens is 2. The van der Waals surface area contributed by atoms with E-state index in [1.807, 2.05) is 0 Å². The molecule has 3 heteroatoms. The zero-order valence-electron chi connectivity index (χ0n) is 15.2. The fourth-order valence-electron chi connectivity index (χ4n) is 2.97. The maximum absolute atomic E-state index is 4.31. The van der Waals surface area contributed by atoms with Gasteiger partial charge in [0.1, 0.15) is 10.0 Å². The maximum atomic E-state index is 4.31. The third kappa shape index (κ3) is 4.99. The van der Waals surface area contributed by atoms with E-state index in [-0.39, 0.29) is 0 Å². The third-order valence-electron chi connectivity index (χ3n) is 4.38. The third-order valence-corrected chi connectivity index (χ3v) is 5.42. The Labute approximate surface area is 155 Å². The highest BCUT2D eigenvalue weighted by Crippen LogP contribution is 2.22. The summed E-state index contributed by atoms with van der Waals surface area (Å²) in [6.45, 7) is 4.40. The van der Waals surface area contributed by atoms with Gasteiger partial charge in [0.15, 0.2) is 0 Å². The fourth-order valence-corrected chi connectivity index (χ4v) is 3.92. The van der Waals surface area contributed by atoms with Crippen molar-refractivity contribution in [1.82, 2.24) is 10.2 Å². The summed E-state index contributed by atoms with van der Waals surface area (Å²) in [5.41, 5.74) is 5.36. The van der Waals surface area contributed by atoms with E-state index >= 15 is 0 Å². The molecule has 0 fully saturated rings. The maximum Gasteiger partial charge on any atom is 0.117 e. The topological polar surface area (TPSA) is 25.8 Å². The summed E-state index contributed by atoms with van der Waals surface area (Å²) in [5, 5.41) is 10.9. The smallest absolute Gasteiger partial charge is 0.117 e. The van der Waals surface area contributed by atoms with Gasteiger partial charge >= 0.3 is 0 Å². The Hall–Kier alpha value is -2.00. The average Bonchev–Trinajstić information content (AvgIpc) is 3.09. The summed E-state index contributed by atoms with van der Waals surface area (Å²) >= 11 is 1.76. The van der Waals surface area contributed by atoms with Crippen molar-refractivity contribution in [3.8, 4) is 11.1 Å². The highest BCUT2D eigenvalue weighted by Gasteiger charge is 2.04. The van der Waals surface area contributed by atoms with Crippen LogP contribution in [0.15, 0.2) is 48.5 Å². The van der Waals surface area contributed by atoms with Crippen molar-refractivity contribution in [3.05, 3.63) is 69.7 Å². The average molecular weight is 351 g/mol. The number of aryl methyl sites for hydroxylation is 4. The highest BCUT2D eigenvalue weighted by molar-refractivity contribution is 7.11. The lowest BCUT2D eigenvalue weighted by Crippen LogP contribution is -1.91. The van der Waals surface area contributed by atoms with Crippen LogP contribution < -0.4 is 0 Å². The van der Waals surface area contributed by atoms with E-state index in [0.29, 0.717) is 0 Å². The van der Waals surface area contributed by atoms with Gasteiger partial charge in [-0.05, 0) is 41.5 Å². The first-order valence-corrected chi connectivity index (χ1v) is 10.1. The van der Waals surface area contributed by atoms with E-state index in [9.17, 15) is 0 Å². The Balaban J connectivity index is 1.59. The molecule has 0 aliphatic rings. The van der Waals surface area contributed by atoms with Crippen molar-refractivity contribution < 1.29 is 0 Å². The van der Waals surface area contributed by atoms with Gasteiger partial charge in [-0.25, -0.2) is 0 Å². The summed E-state index contributed by atoms with van der Waals surface area (Å²) in [4.78, 5) is 0. The van der Waals surface area contributed by atoms with Gasteiger partial charge in [-0.2, -0.15) is 0 Å². The molecule has 2 aromatic carbocycles. The molecule has 1 aromatic heterocycles. The van der Waals surface area contributed by atoms with E-state index in [2.05, 4.69) is 72.6 Å². The molecule has 3 aromatic rings. The molecule has 0 aliphatic carbocycles. The van der Waals surface area contributed by atoms with E-state index in [1.165, 1.54) is 33.7 Å². The molecule has 0 saturated heterocycles. The van der Waals surface area contributed by atoms with Crippen LogP contribution in [0.4, 0.5) is 0 Å². The van der Waals surface area contributed by atoms with Crippen molar-refractivity contribution in [3.63, 3.8) is 0 Å². The summed E-state index contributed by atoms with van der Waals surface area (Å²) in [5.74, 6) is 0. The van der Waals surface area contributed by atoms with Crippen LogP contribution in [-0.4, -0.2) is 10.2 Å². The number of benzene rings is 2. The van der Waals surface area contributed by atoms with Crippen molar-refractivity contribution in [2.24, 2.45) is 0 Å². The first-order valence-electron chi connectivity index (χ1n) is 9.28. The van der Waals surface area contributed by atoms with Crippen LogP contribution in [0.25, 0.3) is 11.1 Å². The Morgan fingerprint density at radius 3 is 1.60 bits per heavy atom. The molecule has 1 heterocycles. The van der Waals surface area contributed by atoms with Gasteiger partial charge in [-0.15, -0.1) is 21.5 Å². The molecular weight excluding hydrogens is 324 g/mol. The molecule has 0 bridgehead atoms. The van der Waals surface area contributed by atoms with Crippen molar-refractivity contribution in [1.29, 1.82) is 0 Å². The lowest BCUT2D eigenvalue weighted by molar-refractivity contribution is 0.854. The molecule has 0 atom stereocenters. The highest BCUT2D eigenvalue weighted by atomic mass is 32.1. The van der Waals surface area contributed by atoms with Crippen LogP contribution in [-0.2, 0) is 25.7 Å². The Morgan fingerprint density at radius 1 is 0.600 bits per heavy atom. The zero-order chi connectivity index (χ0) is 17.5. The minimum absolute atomic E-state index is 0.979. The monoisotopic (exact) mass is 350 g/mol. The molecular formula is C22H26N2S. The summed E-state index contributed by atoms with van der Waals surface area (Å²) < 4.78 is 0. The first kappa shape index (κ1) is 17.8. The minimum atomic E-state index is 0.979. The standard InChI is InChI=1S/C22H26N2S/c1-3-5-17-7-12-19(13-8-17)20-14-9-18(10-15-20)11-16-22-24-23-21(25-22)6-4-2/h7-10,12-15H,3-6,11,16H2,1-2H3. The van der Waals surface area contributed by atoms with Crippen LogP contribution in [0, 0.1) is 0 Å². The molecule has 130 valence electrons. The van der Waals surface area contributed by atoms with Gasteiger partial charge in [0.2, 0.25) is 0 Å². The van der Waals surface area contributed by atoms with Gasteiger partial charge in [0.25, 0.3) is 0 Å². The van der Waals surface area contributed by atoms with Gasteiger partial charge in [0, 0.05) is 12.8 Å². The second kappa shape index (κ2) is 8.91. The molecule has 0 radical (unpaired) electrons. The molecule has 0 N–H and O–H groups in total. The quantitative estimate of drug-likeness (QED) is 0.506. The second-order valence-corrected chi connectivity index (χ2v) is 7.63. The van der Waals surface area contributed by atoms with E-state index in [1.54, 1.807) is 11.3 Å². The molecule has 0 unspecified atom stereocenters. The fraction of sp³-hybridized carbons (Fsp3) is 0.364. The summed E-state index contributed by atoms with van der Waals surface area (Å²) in [6.07, 6.45) is 6.54. The van der Waals surface area contributed by atoms with E-state index in [4.69, 9.17) is 0 Å². The lowest BCUT2D eigenvalue weighted by atomic mass is 10.00. The lowest BCUT2D eigenvalue weighted by Gasteiger charge is -2.05.